The summed E-state index contributed by atoms with van der Waals surface area (Å²) in [6.45, 7) is 5.96. The van der Waals surface area contributed by atoms with Gasteiger partial charge in [-0.05, 0) is 20.8 Å². The summed E-state index contributed by atoms with van der Waals surface area (Å²) in [5.74, 6) is -0.470. The molecule has 0 bridgehead atoms. The first-order chi connectivity index (χ1) is 10.5. The summed E-state index contributed by atoms with van der Waals surface area (Å²) in [6, 6.07) is 1.19. The first kappa shape index (κ1) is 17.2. The van der Waals surface area contributed by atoms with Gasteiger partial charge >= 0.3 is 0 Å². The van der Waals surface area contributed by atoms with Gasteiger partial charge < -0.3 is 9.73 Å². The van der Waals surface area contributed by atoms with E-state index in [-0.39, 0.29) is 16.2 Å². The average molecular weight is 340 g/mol. The van der Waals surface area contributed by atoms with Crippen molar-refractivity contribution in [3.8, 4) is 0 Å². The maximum atomic E-state index is 12.2. The van der Waals surface area contributed by atoms with E-state index >= 15 is 0 Å². The second-order valence-corrected chi connectivity index (χ2v) is 8.32. The number of carbonyl (C=O) groups is 1. The normalized spacial score (nSPS) is 12.6. The Morgan fingerprint density at radius 3 is 2.52 bits per heavy atom. The zero-order valence-electron chi connectivity index (χ0n) is 13.7. The molecule has 2 heterocycles. The molecule has 8 nitrogen and oxygen atoms in total. The molecule has 0 saturated carbocycles. The van der Waals surface area contributed by atoms with Crippen molar-refractivity contribution >= 4 is 21.6 Å². The van der Waals surface area contributed by atoms with Crippen LogP contribution in [0.1, 0.15) is 31.1 Å². The molecule has 0 unspecified atom stereocenters. The number of nitrogens with zero attached hydrogens (tertiary/aromatic N) is 3. The lowest BCUT2D eigenvalue weighted by molar-refractivity contribution is 0.102. The quantitative estimate of drug-likeness (QED) is 0.914. The van der Waals surface area contributed by atoms with Gasteiger partial charge in [-0.3, -0.25) is 9.48 Å². The number of anilines is 1. The number of aromatic nitrogens is 2. The molecule has 23 heavy (non-hydrogen) atoms. The topological polar surface area (TPSA) is 97.4 Å². The molecule has 0 spiro atoms. The molecule has 126 valence electrons. The molecular formula is C14H20N4O4S. The summed E-state index contributed by atoms with van der Waals surface area (Å²) in [6.07, 6.45) is 4.34. The second-order valence-electron chi connectivity index (χ2n) is 6.24. The molecule has 1 N–H and O–H groups in total. The van der Waals surface area contributed by atoms with Gasteiger partial charge in [0.2, 0.25) is 5.09 Å². The molecule has 0 aliphatic rings. The van der Waals surface area contributed by atoms with Gasteiger partial charge in [0.1, 0.15) is 6.26 Å². The van der Waals surface area contributed by atoms with Crippen LogP contribution in [0.4, 0.5) is 5.69 Å². The Bertz CT molecular complexity index is 812. The van der Waals surface area contributed by atoms with Crippen LogP contribution >= 0.6 is 0 Å². The Hall–Kier alpha value is -2.13. The number of nitrogens with one attached hydrogen (secondary N) is 1. The predicted molar refractivity (Wildman–Crippen MR) is 84.8 cm³/mol. The minimum atomic E-state index is -3.71. The van der Waals surface area contributed by atoms with Crippen LogP contribution in [-0.4, -0.2) is 42.5 Å². The lowest BCUT2D eigenvalue weighted by atomic mass is 10.1. The van der Waals surface area contributed by atoms with E-state index in [9.17, 15) is 13.2 Å². The highest BCUT2D eigenvalue weighted by Crippen LogP contribution is 2.19. The third kappa shape index (κ3) is 3.62. The average Bonchev–Trinajstić information content (AvgIpc) is 3.06. The van der Waals surface area contributed by atoms with Crippen molar-refractivity contribution in [3.63, 3.8) is 0 Å². The first-order valence-electron chi connectivity index (χ1n) is 6.89. The SMILES string of the molecule is CN(C)S(=O)(=O)c1cc(C(=O)Nc2cnn(C(C)(C)C)c2)co1. The summed E-state index contributed by atoms with van der Waals surface area (Å²) in [4.78, 5) is 12.2. The monoisotopic (exact) mass is 340 g/mol. The van der Waals surface area contributed by atoms with Crippen LogP contribution in [-0.2, 0) is 15.6 Å². The summed E-state index contributed by atoms with van der Waals surface area (Å²) in [5, 5.41) is 6.55. The van der Waals surface area contributed by atoms with Crippen molar-refractivity contribution in [1.29, 1.82) is 0 Å². The van der Waals surface area contributed by atoms with Crippen LogP contribution in [0.5, 0.6) is 0 Å². The van der Waals surface area contributed by atoms with Crippen LogP contribution in [0.3, 0.4) is 0 Å². The second kappa shape index (κ2) is 5.82. The first-order valence-corrected chi connectivity index (χ1v) is 8.33. The molecule has 0 atom stereocenters. The van der Waals surface area contributed by atoms with Crippen LogP contribution in [0.15, 0.2) is 34.2 Å². The van der Waals surface area contributed by atoms with Crippen molar-refractivity contribution in [1.82, 2.24) is 14.1 Å². The third-order valence-electron chi connectivity index (χ3n) is 3.10. The minimum Gasteiger partial charge on any atom is -0.451 e. The molecular weight excluding hydrogens is 320 g/mol. The maximum Gasteiger partial charge on any atom is 0.275 e. The largest absolute Gasteiger partial charge is 0.451 e. The Labute approximate surface area is 135 Å². The Kier molecular flexibility index (Phi) is 4.36. The van der Waals surface area contributed by atoms with E-state index in [1.54, 1.807) is 10.9 Å². The predicted octanol–water partition coefficient (Wildman–Crippen LogP) is 1.73. The molecule has 0 aromatic carbocycles. The summed E-state index contributed by atoms with van der Waals surface area (Å²) in [5.41, 5.74) is 0.433. The Morgan fingerprint density at radius 2 is 2.00 bits per heavy atom. The van der Waals surface area contributed by atoms with Crippen LogP contribution < -0.4 is 5.32 Å². The van der Waals surface area contributed by atoms with E-state index in [4.69, 9.17) is 4.42 Å². The molecule has 0 aliphatic heterocycles. The highest BCUT2D eigenvalue weighted by atomic mass is 32.2. The van der Waals surface area contributed by atoms with E-state index in [1.165, 1.54) is 26.4 Å². The molecule has 9 heteroatoms. The zero-order chi connectivity index (χ0) is 17.4. The Morgan fingerprint density at radius 1 is 1.35 bits per heavy atom. The van der Waals surface area contributed by atoms with Crippen molar-refractivity contribution in [3.05, 3.63) is 30.3 Å². The van der Waals surface area contributed by atoms with E-state index in [1.807, 2.05) is 20.8 Å². The number of hydrogen-bond acceptors (Lipinski definition) is 5. The van der Waals surface area contributed by atoms with E-state index in [0.717, 1.165) is 10.6 Å². The van der Waals surface area contributed by atoms with Crippen molar-refractivity contribution in [2.75, 3.05) is 19.4 Å². The van der Waals surface area contributed by atoms with Crippen molar-refractivity contribution < 1.29 is 17.6 Å². The summed E-state index contributed by atoms with van der Waals surface area (Å²) < 4.78 is 31.6. The minimum absolute atomic E-state index is 0.119. The van der Waals surface area contributed by atoms with Crippen LogP contribution in [0.25, 0.3) is 0 Å². The molecule has 2 rings (SSSR count). The lowest BCUT2D eigenvalue weighted by Crippen LogP contribution is -2.22. The fourth-order valence-electron chi connectivity index (χ4n) is 1.71. The van der Waals surface area contributed by atoms with Gasteiger partial charge in [-0.15, -0.1) is 0 Å². The number of hydrogen-bond donors (Lipinski definition) is 1. The number of rotatable bonds is 4. The van der Waals surface area contributed by atoms with Gasteiger partial charge in [0.15, 0.2) is 0 Å². The van der Waals surface area contributed by atoms with Gasteiger partial charge in [-0.1, -0.05) is 0 Å². The van der Waals surface area contributed by atoms with Gasteiger partial charge in [0.25, 0.3) is 15.9 Å². The standard InChI is InChI=1S/C14H20N4O4S/c1-14(2,3)18-8-11(7-15-18)16-13(19)10-6-12(22-9-10)23(20,21)17(4)5/h6-9H,1-5H3,(H,16,19). The molecule has 2 aromatic rings. The van der Waals surface area contributed by atoms with E-state index in [0.29, 0.717) is 5.69 Å². The fourth-order valence-corrected chi connectivity index (χ4v) is 2.51. The zero-order valence-corrected chi connectivity index (χ0v) is 14.5. The molecule has 2 aromatic heterocycles. The van der Waals surface area contributed by atoms with Gasteiger partial charge in [-0.25, -0.2) is 12.7 Å². The van der Waals surface area contributed by atoms with Gasteiger partial charge in [0, 0.05) is 26.4 Å². The van der Waals surface area contributed by atoms with Gasteiger partial charge in [-0.2, -0.15) is 5.10 Å². The van der Waals surface area contributed by atoms with Crippen LogP contribution in [0, 0.1) is 0 Å². The number of amides is 1. The third-order valence-corrected chi connectivity index (χ3v) is 4.78. The molecule has 0 fully saturated rings. The molecule has 1 amide bonds. The maximum absolute atomic E-state index is 12.2. The summed E-state index contributed by atoms with van der Waals surface area (Å²) in [7, 11) is -0.933. The highest BCUT2D eigenvalue weighted by molar-refractivity contribution is 7.88. The number of sulfonamides is 1. The fraction of sp³-hybridized carbons (Fsp3) is 0.429. The molecule has 0 saturated heterocycles. The van der Waals surface area contributed by atoms with E-state index in [2.05, 4.69) is 10.4 Å². The van der Waals surface area contributed by atoms with Crippen molar-refractivity contribution in [2.24, 2.45) is 0 Å². The highest BCUT2D eigenvalue weighted by Gasteiger charge is 2.23. The smallest absolute Gasteiger partial charge is 0.275 e. The van der Waals surface area contributed by atoms with Crippen LogP contribution in [0.2, 0.25) is 0 Å². The van der Waals surface area contributed by atoms with Gasteiger partial charge in [0.05, 0.1) is 23.0 Å². The number of carbonyl (C=O) groups excluding carboxylic acids is 1. The molecule has 0 aliphatic carbocycles. The van der Waals surface area contributed by atoms with E-state index < -0.39 is 15.9 Å². The summed E-state index contributed by atoms with van der Waals surface area (Å²) >= 11 is 0. The number of furan rings is 1. The lowest BCUT2D eigenvalue weighted by Gasteiger charge is -2.18. The molecule has 0 radical (unpaired) electrons. The van der Waals surface area contributed by atoms with Crippen molar-refractivity contribution in [2.45, 2.75) is 31.4 Å². The Balaban J connectivity index is 2.16.